The summed E-state index contributed by atoms with van der Waals surface area (Å²) in [4.78, 5) is 181. The number of hydrogen-bond acceptors (Lipinski definition) is 19. The van der Waals surface area contributed by atoms with Crippen LogP contribution in [0.4, 0.5) is 0 Å². The number of rotatable bonds is 53. The van der Waals surface area contributed by atoms with Crippen molar-refractivity contribution in [1.29, 1.82) is 0 Å². The molecule has 0 aliphatic carbocycles. The fourth-order valence-electron chi connectivity index (χ4n) is 15.6. The van der Waals surface area contributed by atoms with E-state index in [-0.39, 0.29) is 138 Å². The van der Waals surface area contributed by atoms with Crippen molar-refractivity contribution in [1.82, 2.24) is 62.6 Å². The van der Waals surface area contributed by atoms with Crippen molar-refractivity contribution in [2.45, 2.75) is 496 Å². The van der Waals surface area contributed by atoms with Gasteiger partial charge in [0.15, 0.2) is 0 Å². The topological polar surface area (TPSA) is 550 Å². The number of carbonyl (C=O) groups is 16. The molecule has 0 aromatic carbocycles. The molecule has 13 amide bonds. The van der Waals surface area contributed by atoms with E-state index in [4.69, 9.17) is 37.6 Å². The molecule has 0 radical (unpaired) electrons. The lowest BCUT2D eigenvalue weighted by atomic mass is 9.88. The van der Waals surface area contributed by atoms with E-state index in [1.807, 2.05) is 79.0 Å². The Balaban J connectivity index is -0.000000351. The molecule has 0 aromatic rings. The molecule has 3 rings (SSSR count). The van der Waals surface area contributed by atoms with E-state index >= 15 is 0 Å². The predicted octanol–water partition coefficient (Wildman–Crippen LogP) is 12.5. The molecule has 19 N–H and O–H groups in total. The van der Waals surface area contributed by atoms with E-state index in [1.54, 1.807) is 55.4 Å². The summed E-state index contributed by atoms with van der Waals surface area (Å²) >= 11 is 0. The molecule has 0 bridgehead atoms. The zero-order valence-electron chi connectivity index (χ0n) is 89.4. The van der Waals surface area contributed by atoms with E-state index in [9.17, 15) is 76.7 Å². The van der Waals surface area contributed by atoms with E-state index in [0.29, 0.717) is 79.9 Å². The first-order chi connectivity index (χ1) is 63.2. The number of likely N-dealkylation sites (tertiary alicyclic amines) is 3. The molecule has 3 fully saturated rings. The maximum atomic E-state index is 12.0. The summed E-state index contributed by atoms with van der Waals surface area (Å²) in [5.74, 6) is -3.97. The van der Waals surface area contributed by atoms with Crippen LogP contribution in [0.5, 0.6) is 0 Å². The Kier molecular flexibility index (Phi) is 85.8. The first kappa shape index (κ1) is 138. The van der Waals surface area contributed by atoms with Gasteiger partial charge < -0.3 is 100 Å². The van der Waals surface area contributed by atoms with Crippen LogP contribution in [0.25, 0.3) is 0 Å². The van der Waals surface area contributed by atoms with E-state index in [2.05, 4.69) is 80.4 Å². The maximum absolute atomic E-state index is 12.0. The largest absolute Gasteiger partial charge is 0.481 e. The van der Waals surface area contributed by atoms with Crippen molar-refractivity contribution in [2.24, 2.45) is 46.8 Å². The Morgan fingerprint density at radius 3 is 0.787 bits per heavy atom. The quantitative estimate of drug-likeness (QED) is 0.0269. The summed E-state index contributed by atoms with van der Waals surface area (Å²) in [6.45, 7) is 52.1. The van der Waals surface area contributed by atoms with Gasteiger partial charge in [-0.1, -0.05) is 53.4 Å². The lowest BCUT2D eigenvalue weighted by Crippen LogP contribution is -2.41. The van der Waals surface area contributed by atoms with Crippen molar-refractivity contribution in [2.75, 3.05) is 26.2 Å². The number of carboxylic acid groups (broad SMARTS) is 3. The molecule has 3 aliphatic heterocycles. The number of nitrogens with two attached hydrogens (primary N) is 3. The van der Waals surface area contributed by atoms with Crippen LogP contribution in [0.1, 0.15) is 412 Å². The number of aliphatic carboxylic acids is 3. The lowest BCUT2D eigenvalue weighted by Gasteiger charge is -2.32. The van der Waals surface area contributed by atoms with Gasteiger partial charge in [0.1, 0.15) is 0 Å². The van der Waals surface area contributed by atoms with Gasteiger partial charge in [-0.2, -0.15) is 0 Å². The smallest absolute Gasteiger partial charge is 0.307 e. The number of carbonyl (C=O) groups excluding carboxylic acids is 13. The highest BCUT2D eigenvalue weighted by Gasteiger charge is 2.31. The molecule has 0 aromatic heterocycles. The molecule has 35 heteroatoms. The number of hydrogen-bond donors (Lipinski definition) is 16. The van der Waals surface area contributed by atoms with Crippen molar-refractivity contribution in [3.63, 3.8) is 0 Å². The zero-order chi connectivity index (χ0) is 106. The van der Waals surface area contributed by atoms with Gasteiger partial charge in [-0.3, -0.25) is 76.7 Å². The van der Waals surface area contributed by atoms with Gasteiger partial charge in [0.05, 0.1) is 23.9 Å². The number of primary amides is 1. The van der Waals surface area contributed by atoms with Crippen LogP contribution in [0.2, 0.25) is 0 Å². The minimum absolute atomic E-state index is 0.0135. The third kappa shape index (κ3) is 89.3. The molecular formula is C101H197N15O20. The lowest BCUT2D eigenvalue weighted by molar-refractivity contribution is -0.153. The first-order valence-electron chi connectivity index (χ1n) is 50.7. The molecule has 0 spiro atoms. The van der Waals surface area contributed by atoms with Crippen LogP contribution >= 0.6 is 0 Å². The molecule has 136 heavy (non-hydrogen) atoms. The van der Waals surface area contributed by atoms with Crippen molar-refractivity contribution in [3.05, 3.63) is 0 Å². The third-order valence-electron chi connectivity index (χ3n) is 23.5. The number of amides is 13. The van der Waals surface area contributed by atoms with Gasteiger partial charge in [0.25, 0.3) is 0 Å². The van der Waals surface area contributed by atoms with Gasteiger partial charge in [0.2, 0.25) is 76.8 Å². The number of aliphatic hydroxyl groups is 1. The van der Waals surface area contributed by atoms with Crippen LogP contribution < -0.4 is 65.1 Å². The Bertz CT molecular complexity index is 3240. The Hall–Kier alpha value is -8.60. The van der Waals surface area contributed by atoms with Gasteiger partial charge >= 0.3 is 17.9 Å². The standard InChI is InChI=1S/C15H28N2O2.C14H26N2O2.C13H24N2O2.C11H19NO5.C10H20N2O2.C10H22N2O.C10H19NO3.C9H20N2O.C9H19NO2/c1-12(16-14(3)18)8-7-9-13(2)17-11-6-4-5-10-15(17)19;1-11(15-13(3)17)7-6-8-12(2)16-10-5-4-9-14(16)18;1-10(14-12(3)16)6-4-7-11(2)15-9-5-8-13(15)17;1-6(12-8(3)13)4-5-9(11(16)17)7(2)10(14)15;1-7(10(11)14)5-4-6-8(2)12-9(3)13;1-8(7-11)5-4-6-9(2)12-10(3)13;1-7(10(13)14)5-4-6-8(2)11-9(3)12;1-7(10)5-4-6-8(2)11-9(3)12;1-7(10-9(3)12)5-4-6-8(2)11/h12-13H,4-11H2,1-3H3,(H,16,18);11-12H,4-10H2,1-3H3,(H,15,17);10-11H,4-9H2,1-3H3,(H,14,16);6-7,9H,4-5H2,1-3H3,(H,12,13)(H,14,15)(H,16,17);7-8H,4-6H2,1-3H3,(H2,11,14)(H,12,13);8-9H,4-7,11H2,1-3H3,(H,12,13);7-8H,4-6H2,1-3H3,(H,11,12)(H,13,14);7-8H,4-6,10H2,1-3H3,(H,11,12);7-8,11H,4-6H2,1-3H3,(H,10,12). The molecular weight excluding hydrogens is 1740 g/mol. The van der Waals surface area contributed by atoms with Gasteiger partial charge in [-0.25, -0.2) is 0 Å². The molecule has 19 atom stereocenters. The minimum atomic E-state index is -1.12. The second-order valence-corrected chi connectivity index (χ2v) is 38.9. The SMILES string of the molecule is CC(=O)NC(C)CCC(C(=O)O)C(C)C(=O)O.CC(=O)NC(C)CCCC(C)C(=O)O.CC(=O)NC(C)CCCC(C)C(N)=O.CC(=O)NC(C)CCCC(C)CN.CC(=O)NC(C)CCCC(C)N.CC(=O)NC(C)CCCC(C)N1CCCC1=O.CC(=O)NC(C)CCCC(C)N1CCCCC1=O.CC(=O)NC(C)CCCC(C)N1CCCCCC1=O.CC(=O)NC(C)CCCC(C)O. The van der Waals surface area contributed by atoms with Crippen molar-refractivity contribution >= 4 is 94.7 Å². The van der Waals surface area contributed by atoms with Crippen molar-refractivity contribution < 1.29 is 97.1 Å². The molecule has 3 heterocycles. The molecule has 796 valence electrons. The first-order valence-corrected chi connectivity index (χ1v) is 50.7. The van der Waals surface area contributed by atoms with E-state index in [0.717, 1.165) is 206 Å². The molecule has 0 saturated carbocycles. The van der Waals surface area contributed by atoms with E-state index < -0.39 is 29.7 Å². The number of nitrogens with zero attached hydrogens (tertiary/aromatic N) is 3. The van der Waals surface area contributed by atoms with Gasteiger partial charge in [-0.05, 0) is 289 Å². The Labute approximate surface area is 819 Å². The third-order valence-corrected chi connectivity index (χ3v) is 23.5. The second-order valence-electron chi connectivity index (χ2n) is 38.9. The predicted molar refractivity (Wildman–Crippen MR) is 541 cm³/mol. The Morgan fingerprint density at radius 2 is 0.537 bits per heavy atom. The summed E-state index contributed by atoms with van der Waals surface area (Å²) in [6, 6.07) is 2.91. The minimum Gasteiger partial charge on any atom is -0.481 e. The number of nitrogens with one attached hydrogen (secondary N) is 9. The second kappa shape index (κ2) is 84.5. The fourth-order valence-corrected chi connectivity index (χ4v) is 15.6. The van der Waals surface area contributed by atoms with Gasteiger partial charge in [0, 0.05) is 186 Å². The monoisotopic (exact) mass is 1940 g/mol. The highest BCUT2D eigenvalue weighted by molar-refractivity contribution is 5.81. The average molecular weight is 1940 g/mol. The average Bonchev–Trinajstić information content (AvgIpc) is 1.75. The summed E-state index contributed by atoms with van der Waals surface area (Å²) in [5.41, 5.74) is 16.2. The molecule has 3 aliphatic rings. The van der Waals surface area contributed by atoms with Gasteiger partial charge in [-0.15, -0.1) is 0 Å². The van der Waals surface area contributed by atoms with Crippen LogP contribution in [-0.2, 0) is 76.7 Å². The van der Waals surface area contributed by atoms with Crippen LogP contribution in [0.15, 0.2) is 0 Å². The maximum Gasteiger partial charge on any atom is 0.307 e. The normalized spacial score (nSPS) is 16.8. The summed E-state index contributed by atoms with van der Waals surface area (Å²) in [5, 5.41) is 60.6. The molecule has 3 saturated heterocycles. The highest BCUT2D eigenvalue weighted by Crippen LogP contribution is 2.23. The van der Waals surface area contributed by atoms with Crippen LogP contribution in [0, 0.1) is 29.6 Å². The highest BCUT2D eigenvalue weighted by atomic mass is 16.4. The van der Waals surface area contributed by atoms with Crippen LogP contribution in [0.3, 0.4) is 0 Å². The number of piperidine rings is 1. The number of aliphatic hydroxyl groups excluding tert-OH is 1. The molecule has 35 nitrogen and oxygen atoms in total. The summed E-state index contributed by atoms with van der Waals surface area (Å²) in [6.07, 6.45) is 32.4. The van der Waals surface area contributed by atoms with E-state index in [1.165, 1.54) is 41.0 Å². The number of carboxylic acids is 3. The summed E-state index contributed by atoms with van der Waals surface area (Å²) in [7, 11) is 0. The summed E-state index contributed by atoms with van der Waals surface area (Å²) < 4.78 is 0. The zero-order valence-corrected chi connectivity index (χ0v) is 89.4. The Morgan fingerprint density at radius 1 is 0.294 bits per heavy atom. The molecule has 19 unspecified atom stereocenters. The van der Waals surface area contributed by atoms with Crippen molar-refractivity contribution in [3.8, 4) is 0 Å². The fraction of sp³-hybridized carbons (Fsp3) is 0.842. The van der Waals surface area contributed by atoms with Crippen LogP contribution in [-0.4, -0.2) is 241 Å².